The molecule has 0 aromatic carbocycles. The SMILES string of the molecule is C=CCC(N)C1(N(C)C)CCCCCC1. The summed E-state index contributed by atoms with van der Waals surface area (Å²) in [5.41, 5.74) is 6.56. The quantitative estimate of drug-likeness (QED) is 0.571. The Kier molecular flexibility index (Phi) is 4.81. The molecule has 1 atom stereocenters. The van der Waals surface area contributed by atoms with Crippen molar-refractivity contribution in [3.05, 3.63) is 12.7 Å². The molecule has 15 heavy (non-hydrogen) atoms. The van der Waals surface area contributed by atoms with E-state index in [0.29, 0.717) is 0 Å². The summed E-state index contributed by atoms with van der Waals surface area (Å²) in [7, 11) is 4.35. The van der Waals surface area contributed by atoms with Gasteiger partial charge in [-0.1, -0.05) is 31.8 Å². The molecule has 0 bridgehead atoms. The maximum atomic E-state index is 6.35. The van der Waals surface area contributed by atoms with Gasteiger partial charge in [-0.15, -0.1) is 6.58 Å². The molecular formula is C13H26N2. The first kappa shape index (κ1) is 12.7. The Hall–Kier alpha value is -0.340. The van der Waals surface area contributed by atoms with Gasteiger partial charge in [0, 0.05) is 11.6 Å². The Labute approximate surface area is 94.5 Å². The van der Waals surface area contributed by atoms with Crippen molar-refractivity contribution in [1.82, 2.24) is 4.90 Å². The van der Waals surface area contributed by atoms with Gasteiger partial charge in [0.1, 0.15) is 0 Å². The van der Waals surface area contributed by atoms with E-state index in [4.69, 9.17) is 5.73 Å². The molecule has 1 rings (SSSR count). The van der Waals surface area contributed by atoms with Gasteiger partial charge < -0.3 is 10.6 Å². The van der Waals surface area contributed by atoms with Crippen LogP contribution in [0.4, 0.5) is 0 Å². The topological polar surface area (TPSA) is 29.3 Å². The van der Waals surface area contributed by atoms with Crippen molar-refractivity contribution in [2.75, 3.05) is 14.1 Å². The zero-order valence-electron chi connectivity index (χ0n) is 10.3. The van der Waals surface area contributed by atoms with Gasteiger partial charge in [0.25, 0.3) is 0 Å². The van der Waals surface area contributed by atoms with Gasteiger partial charge in [-0.05, 0) is 33.4 Å². The van der Waals surface area contributed by atoms with Crippen molar-refractivity contribution >= 4 is 0 Å². The fourth-order valence-electron chi connectivity index (χ4n) is 2.89. The zero-order chi connectivity index (χ0) is 11.3. The third-order valence-electron chi connectivity index (χ3n) is 3.97. The van der Waals surface area contributed by atoms with E-state index in [9.17, 15) is 0 Å². The van der Waals surface area contributed by atoms with E-state index in [2.05, 4.69) is 25.6 Å². The highest BCUT2D eigenvalue weighted by Crippen LogP contribution is 2.34. The van der Waals surface area contributed by atoms with Crippen LogP contribution in [0.5, 0.6) is 0 Å². The van der Waals surface area contributed by atoms with Crippen LogP contribution in [0.25, 0.3) is 0 Å². The Bertz CT molecular complexity index is 191. The van der Waals surface area contributed by atoms with Crippen LogP contribution in [-0.2, 0) is 0 Å². The van der Waals surface area contributed by atoms with Crippen LogP contribution in [0.2, 0.25) is 0 Å². The molecule has 1 unspecified atom stereocenters. The van der Waals surface area contributed by atoms with Crippen LogP contribution < -0.4 is 5.73 Å². The fourth-order valence-corrected chi connectivity index (χ4v) is 2.89. The van der Waals surface area contributed by atoms with Gasteiger partial charge in [0.05, 0.1) is 0 Å². The molecule has 1 saturated carbocycles. The van der Waals surface area contributed by atoms with Crippen molar-refractivity contribution in [3.63, 3.8) is 0 Å². The van der Waals surface area contributed by atoms with Crippen molar-refractivity contribution in [3.8, 4) is 0 Å². The van der Waals surface area contributed by atoms with Crippen LogP contribution in [0.1, 0.15) is 44.9 Å². The van der Waals surface area contributed by atoms with Gasteiger partial charge in [-0.3, -0.25) is 0 Å². The molecular weight excluding hydrogens is 184 g/mol. The molecule has 0 spiro atoms. The Morgan fingerprint density at radius 2 is 1.80 bits per heavy atom. The highest BCUT2D eigenvalue weighted by Gasteiger charge is 2.38. The average Bonchev–Trinajstić information content (AvgIpc) is 2.43. The lowest BCUT2D eigenvalue weighted by molar-refractivity contribution is 0.0978. The standard InChI is InChI=1S/C13H26N2/c1-4-9-12(14)13(15(2)3)10-7-5-6-8-11-13/h4,12H,1,5-11,14H2,2-3H3. The lowest BCUT2D eigenvalue weighted by Crippen LogP contribution is -2.57. The maximum absolute atomic E-state index is 6.35. The van der Waals surface area contributed by atoms with E-state index >= 15 is 0 Å². The predicted octanol–water partition coefficient (Wildman–Crippen LogP) is 2.54. The number of nitrogens with two attached hydrogens (primary N) is 1. The molecule has 0 aromatic rings. The molecule has 0 heterocycles. The molecule has 2 nitrogen and oxygen atoms in total. The van der Waals surface area contributed by atoms with Crippen molar-refractivity contribution in [1.29, 1.82) is 0 Å². The van der Waals surface area contributed by atoms with Gasteiger partial charge in [-0.2, -0.15) is 0 Å². The lowest BCUT2D eigenvalue weighted by atomic mass is 9.80. The van der Waals surface area contributed by atoms with E-state index in [-0.39, 0.29) is 11.6 Å². The van der Waals surface area contributed by atoms with Crippen molar-refractivity contribution < 1.29 is 0 Å². The zero-order valence-corrected chi connectivity index (χ0v) is 10.3. The molecule has 0 saturated heterocycles. The van der Waals surface area contributed by atoms with E-state index in [1.54, 1.807) is 0 Å². The lowest BCUT2D eigenvalue weighted by Gasteiger charge is -2.44. The van der Waals surface area contributed by atoms with E-state index in [1.807, 2.05) is 6.08 Å². The second kappa shape index (κ2) is 5.66. The second-order valence-corrected chi connectivity index (χ2v) is 5.04. The van der Waals surface area contributed by atoms with Gasteiger partial charge >= 0.3 is 0 Å². The molecule has 0 aromatic heterocycles. The number of likely N-dealkylation sites (N-methyl/N-ethyl adjacent to an activating group) is 1. The smallest absolute Gasteiger partial charge is 0.0357 e. The molecule has 1 fully saturated rings. The minimum Gasteiger partial charge on any atom is -0.326 e. The molecule has 0 aliphatic heterocycles. The molecule has 0 radical (unpaired) electrons. The number of hydrogen-bond acceptors (Lipinski definition) is 2. The summed E-state index contributed by atoms with van der Waals surface area (Å²) in [6.07, 6.45) is 10.8. The van der Waals surface area contributed by atoms with E-state index < -0.39 is 0 Å². The Morgan fingerprint density at radius 3 is 2.20 bits per heavy atom. The Morgan fingerprint density at radius 1 is 1.27 bits per heavy atom. The molecule has 88 valence electrons. The monoisotopic (exact) mass is 210 g/mol. The van der Waals surface area contributed by atoms with Gasteiger partial charge in [-0.25, -0.2) is 0 Å². The van der Waals surface area contributed by atoms with Crippen molar-refractivity contribution in [2.24, 2.45) is 5.73 Å². The van der Waals surface area contributed by atoms with E-state index in [1.165, 1.54) is 38.5 Å². The van der Waals surface area contributed by atoms with Crippen molar-refractivity contribution in [2.45, 2.75) is 56.5 Å². The normalized spacial score (nSPS) is 23.5. The molecule has 1 aliphatic carbocycles. The summed E-state index contributed by atoms with van der Waals surface area (Å²) in [4.78, 5) is 2.35. The first-order valence-electron chi connectivity index (χ1n) is 6.17. The number of hydrogen-bond donors (Lipinski definition) is 1. The highest BCUT2D eigenvalue weighted by atomic mass is 15.2. The van der Waals surface area contributed by atoms with Gasteiger partial charge in [0.15, 0.2) is 0 Å². The third kappa shape index (κ3) is 2.82. The third-order valence-corrected chi connectivity index (χ3v) is 3.97. The minimum absolute atomic E-state index is 0.213. The highest BCUT2D eigenvalue weighted by molar-refractivity contribution is 5.00. The molecule has 0 amide bonds. The molecule has 1 aliphatic rings. The van der Waals surface area contributed by atoms with Crippen LogP contribution >= 0.6 is 0 Å². The van der Waals surface area contributed by atoms with Crippen LogP contribution in [0.3, 0.4) is 0 Å². The minimum atomic E-state index is 0.213. The number of nitrogens with zero attached hydrogens (tertiary/aromatic N) is 1. The summed E-state index contributed by atoms with van der Waals surface area (Å²) >= 11 is 0. The van der Waals surface area contributed by atoms with Crippen LogP contribution in [-0.4, -0.2) is 30.6 Å². The largest absolute Gasteiger partial charge is 0.326 e. The molecule has 2 heteroatoms. The second-order valence-electron chi connectivity index (χ2n) is 5.04. The summed E-state index contributed by atoms with van der Waals surface area (Å²) in [5.74, 6) is 0. The van der Waals surface area contributed by atoms with Crippen LogP contribution in [0, 0.1) is 0 Å². The fraction of sp³-hybridized carbons (Fsp3) is 0.846. The summed E-state index contributed by atoms with van der Waals surface area (Å²) in [6, 6.07) is 0.239. The summed E-state index contributed by atoms with van der Waals surface area (Å²) in [5, 5.41) is 0. The first-order chi connectivity index (χ1) is 7.13. The Balaban J connectivity index is 2.79. The number of rotatable bonds is 4. The first-order valence-corrected chi connectivity index (χ1v) is 6.17. The average molecular weight is 210 g/mol. The molecule has 2 N–H and O–H groups in total. The summed E-state index contributed by atoms with van der Waals surface area (Å²) < 4.78 is 0. The van der Waals surface area contributed by atoms with E-state index in [0.717, 1.165) is 6.42 Å². The summed E-state index contributed by atoms with van der Waals surface area (Å²) in [6.45, 7) is 3.81. The van der Waals surface area contributed by atoms with Crippen LogP contribution in [0.15, 0.2) is 12.7 Å². The maximum Gasteiger partial charge on any atom is 0.0357 e. The van der Waals surface area contributed by atoms with Gasteiger partial charge in [0.2, 0.25) is 0 Å². The predicted molar refractivity (Wildman–Crippen MR) is 66.9 cm³/mol.